The number of esters is 1. The molecule has 0 aliphatic heterocycles. The highest BCUT2D eigenvalue weighted by Crippen LogP contribution is 2.15. The van der Waals surface area contributed by atoms with Crippen LogP contribution >= 0.6 is 0 Å². The van der Waals surface area contributed by atoms with Gasteiger partial charge in [-0.25, -0.2) is 14.3 Å². The predicted molar refractivity (Wildman–Crippen MR) is 106 cm³/mol. The molecule has 1 aromatic heterocycles. The number of nitrogens with zero attached hydrogens (tertiary/aromatic N) is 2. The Morgan fingerprint density at radius 1 is 1.14 bits per heavy atom. The summed E-state index contributed by atoms with van der Waals surface area (Å²) in [6.07, 6.45) is 1.59. The van der Waals surface area contributed by atoms with Crippen molar-refractivity contribution in [2.75, 3.05) is 7.11 Å². The van der Waals surface area contributed by atoms with Crippen LogP contribution in [0.15, 0.2) is 29.1 Å². The molecule has 1 aromatic carbocycles. The summed E-state index contributed by atoms with van der Waals surface area (Å²) < 4.78 is 10.8. The number of carbonyl (C=O) groups is 3. The van der Waals surface area contributed by atoms with E-state index in [1.165, 1.54) is 11.6 Å². The van der Waals surface area contributed by atoms with Gasteiger partial charge in [-0.2, -0.15) is 5.10 Å². The lowest BCUT2D eigenvalue weighted by Crippen LogP contribution is -2.39. The number of amides is 2. The van der Waals surface area contributed by atoms with E-state index < -0.39 is 24.1 Å². The lowest BCUT2D eigenvalue weighted by Gasteiger charge is -2.14. The van der Waals surface area contributed by atoms with Gasteiger partial charge in [0.25, 0.3) is 11.5 Å². The van der Waals surface area contributed by atoms with Gasteiger partial charge in [-0.1, -0.05) is 44.4 Å². The number of ether oxygens (including phenoxy) is 2. The molecular formula is C20H25N3O6. The second kappa shape index (κ2) is 10.4. The summed E-state index contributed by atoms with van der Waals surface area (Å²) in [5.41, 5.74) is -0.349. The second-order valence-corrected chi connectivity index (χ2v) is 6.51. The summed E-state index contributed by atoms with van der Waals surface area (Å²) >= 11 is 0. The summed E-state index contributed by atoms with van der Waals surface area (Å²) in [5, 5.41) is 6.81. The first-order valence-corrected chi connectivity index (χ1v) is 9.48. The standard InChI is InChI=1S/C20H25N3O6/c1-4-5-6-9-12-23-18(25)15-11-8-7-10-14(15)16(22-23)19(26)29-13(2)17(24)21-20(27)28-3/h7-8,10-11,13H,4-6,9,12H2,1-3H3,(H,21,24,27)/t13-/m0/s1. The minimum atomic E-state index is -1.26. The van der Waals surface area contributed by atoms with Crippen LogP contribution in [0.4, 0.5) is 4.79 Å². The summed E-state index contributed by atoms with van der Waals surface area (Å²) in [5.74, 6) is -1.70. The third-order valence-corrected chi connectivity index (χ3v) is 4.35. The topological polar surface area (TPSA) is 117 Å². The Bertz CT molecular complexity index is 953. The maximum Gasteiger partial charge on any atom is 0.413 e. The zero-order chi connectivity index (χ0) is 21.4. The van der Waals surface area contributed by atoms with Crippen molar-refractivity contribution >= 4 is 28.7 Å². The number of alkyl carbamates (subject to hydrolysis) is 1. The van der Waals surface area contributed by atoms with Crippen molar-refractivity contribution in [2.45, 2.75) is 52.2 Å². The minimum Gasteiger partial charge on any atom is -0.453 e. The lowest BCUT2D eigenvalue weighted by molar-refractivity contribution is -0.128. The van der Waals surface area contributed by atoms with Crippen LogP contribution in [0.3, 0.4) is 0 Å². The molecule has 156 valence electrons. The fraction of sp³-hybridized carbons (Fsp3) is 0.450. The third-order valence-electron chi connectivity index (χ3n) is 4.35. The number of rotatable bonds is 8. The number of methoxy groups -OCH3 is 1. The maximum absolute atomic E-state index is 12.7. The lowest BCUT2D eigenvalue weighted by atomic mass is 10.1. The Hall–Kier alpha value is -3.23. The van der Waals surface area contributed by atoms with Crippen molar-refractivity contribution in [3.63, 3.8) is 0 Å². The van der Waals surface area contributed by atoms with E-state index >= 15 is 0 Å². The number of benzene rings is 1. The highest BCUT2D eigenvalue weighted by atomic mass is 16.6. The van der Waals surface area contributed by atoms with E-state index in [0.29, 0.717) is 17.3 Å². The first kappa shape index (κ1) is 22.1. The normalized spacial score (nSPS) is 11.7. The number of carbonyl (C=O) groups excluding carboxylic acids is 3. The van der Waals surface area contributed by atoms with Crippen molar-refractivity contribution < 1.29 is 23.9 Å². The highest BCUT2D eigenvalue weighted by Gasteiger charge is 2.24. The molecule has 0 radical (unpaired) electrons. The number of aryl methyl sites for hydroxylation is 1. The van der Waals surface area contributed by atoms with Gasteiger partial charge in [0.2, 0.25) is 0 Å². The van der Waals surface area contributed by atoms with E-state index in [1.54, 1.807) is 24.3 Å². The van der Waals surface area contributed by atoms with E-state index in [9.17, 15) is 19.2 Å². The molecule has 1 heterocycles. The average Bonchev–Trinajstić information content (AvgIpc) is 2.72. The molecule has 0 saturated carbocycles. The SMILES string of the molecule is CCCCCCn1nc(C(=O)O[C@@H](C)C(=O)NC(=O)OC)c2ccccc2c1=O. The van der Waals surface area contributed by atoms with Crippen LogP contribution in [0, 0.1) is 0 Å². The molecule has 1 N–H and O–H groups in total. The van der Waals surface area contributed by atoms with E-state index in [1.807, 2.05) is 5.32 Å². The molecule has 9 nitrogen and oxygen atoms in total. The zero-order valence-electron chi connectivity index (χ0n) is 16.8. The smallest absolute Gasteiger partial charge is 0.413 e. The second-order valence-electron chi connectivity index (χ2n) is 6.51. The highest BCUT2D eigenvalue weighted by molar-refractivity contribution is 6.03. The molecule has 2 rings (SSSR count). The quantitative estimate of drug-likeness (QED) is 0.531. The third kappa shape index (κ3) is 5.63. The monoisotopic (exact) mass is 403 g/mol. The summed E-state index contributed by atoms with van der Waals surface area (Å²) in [6, 6.07) is 6.60. The van der Waals surface area contributed by atoms with Crippen molar-refractivity contribution in [3.05, 3.63) is 40.3 Å². The number of aromatic nitrogens is 2. The van der Waals surface area contributed by atoms with E-state index in [0.717, 1.165) is 32.8 Å². The van der Waals surface area contributed by atoms with Gasteiger partial charge in [-0.3, -0.25) is 14.9 Å². The van der Waals surface area contributed by atoms with E-state index in [-0.39, 0.29) is 11.3 Å². The molecular weight excluding hydrogens is 378 g/mol. The van der Waals surface area contributed by atoms with Crippen LogP contribution in [0.5, 0.6) is 0 Å². The Morgan fingerprint density at radius 3 is 2.48 bits per heavy atom. The number of hydrogen-bond acceptors (Lipinski definition) is 7. The first-order chi connectivity index (χ1) is 13.9. The number of imide groups is 1. The molecule has 2 aromatic rings. The van der Waals surface area contributed by atoms with Gasteiger partial charge >= 0.3 is 12.1 Å². The van der Waals surface area contributed by atoms with Crippen LogP contribution in [0.25, 0.3) is 10.8 Å². The van der Waals surface area contributed by atoms with Crippen molar-refractivity contribution in [3.8, 4) is 0 Å². The Labute approximate surface area is 168 Å². The van der Waals surface area contributed by atoms with Crippen LogP contribution in [-0.2, 0) is 20.8 Å². The van der Waals surface area contributed by atoms with Gasteiger partial charge in [0, 0.05) is 11.9 Å². The molecule has 0 spiro atoms. The number of unbranched alkanes of at least 4 members (excludes halogenated alkanes) is 3. The molecule has 0 aliphatic carbocycles. The Morgan fingerprint density at radius 2 is 1.83 bits per heavy atom. The molecule has 0 aliphatic rings. The number of nitrogens with one attached hydrogen (secondary N) is 1. The van der Waals surface area contributed by atoms with E-state index in [2.05, 4.69) is 16.8 Å². The average molecular weight is 403 g/mol. The number of fused-ring (bicyclic) bond motifs is 1. The molecule has 1 atom stereocenters. The zero-order valence-corrected chi connectivity index (χ0v) is 16.8. The van der Waals surface area contributed by atoms with Crippen molar-refractivity contribution in [1.29, 1.82) is 0 Å². The Kier molecular flexibility index (Phi) is 7.88. The largest absolute Gasteiger partial charge is 0.453 e. The van der Waals surface area contributed by atoms with Gasteiger partial charge in [-0.05, 0) is 19.4 Å². The summed E-state index contributed by atoms with van der Waals surface area (Å²) in [4.78, 5) is 48.4. The van der Waals surface area contributed by atoms with Gasteiger partial charge in [0.15, 0.2) is 11.8 Å². The summed E-state index contributed by atoms with van der Waals surface area (Å²) in [7, 11) is 1.11. The molecule has 9 heteroatoms. The molecule has 29 heavy (non-hydrogen) atoms. The van der Waals surface area contributed by atoms with Crippen molar-refractivity contribution in [2.24, 2.45) is 0 Å². The van der Waals surface area contributed by atoms with Gasteiger partial charge in [-0.15, -0.1) is 0 Å². The maximum atomic E-state index is 12.7. The molecule has 0 bridgehead atoms. The van der Waals surface area contributed by atoms with Gasteiger partial charge in [0.1, 0.15) is 0 Å². The number of hydrogen-bond donors (Lipinski definition) is 1. The fourth-order valence-electron chi connectivity index (χ4n) is 2.75. The molecule has 0 fully saturated rings. The molecule has 0 saturated heterocycles. The van der Waals surface area contributed by atoms with Gasteiger partial charge < -0.3 is 9.47 Å². The van der Waals surface area contributed by atoms with Crippen LogP contribution in [-0.4, -0.2) is 41.0 Å². The fourth-order valence-corrected chi connectivity index (χ4v) is 2.75. The predicted octanol–water partition coefficient (Wildman–Crippen LogP) is 2.40. The minimum absolute atomic E-state index is 0.0617. The van der Waals surface area contributed by atoms with E-state index in [4.69, 9.17) is 4.74 Å². The Balaban J connectivity index is 2.29. The van der Waals surface area contributed by atoms with Crippen LogP contribution in [0.1, 0.15) is 50.0 Å². The van der Waals surface area contributed by atoms with Crippen LogP contribution < -0.4 is 10.9 Å². The molecule has 0 unspecified atom stereocenters. The first-order valence-electron chi connectivity index (χ1n) is 9.48. The summed E-state index contributed by atoms with van der Waals surface area (Å²) in [6.45, 7) is 3.79. The van der Waals surface area contributed by atoms with Crippen molar-refractivity contribution in [1.82, 2.24) is 15.1 Å². The van der Waals surface area contributed by atoms with Crippen LogP contribution in [0.2, 0.25) is 0 Å². The van der Waals surface area contributed by atoms with Gasteiger partial charge in [0.05, 0.1) is 12.5 Å². The molecule has 2 amide bonds.